The summed E-state index contributed by atoms with van der Waals surface area (Å²) in [4.78, 5) is 1.14. The van der Waals surface area contributed by atoms with Gasteiger partial charge in [0.15, 0.2) is 0 Å². The lowest BCUT2D eigenvalue weighted by molar-refractivity contribution is -0.360. The molecule has 1 aromatic carbocycles. The van der Waals surface area contributed by atoms with E-state index in [-0.39, 0.29) is 12.4 Å². The van der Waals surface area contributed by atoms with Crippen LogP contribution in [0, 0.1) is 0 Å². The Morgan fingerprint density at radius 3 is 2.62 bits per heavy atom. The molecule has 1 nitrogen and oxygen atoms in total. The van der Waals surface area contributed by atoms with Crippen molar-refractivity contribution in [1.29, 1.82) is 0 Å². The summed E-state index contributed by atoms with van der Waals surface area (Å²) in [6.07, 6.45) is 0. The van der Waals surface area contributed by atoms with Crippen molar-refractivity contribution >= 4 is 33.2 Å². The summed E-state index contributed by atoms with van der Waals surface area (Å²) in [6.45, 7) is 0.960. The first-order chi connectivity index (χ1) is 5.84. The van der Waals surface area contributed by atoms with Crippen molar-refractivity contribution in [1.82, 2.24) is 0 Å². The highest BCUT2D eigenvalue weighted by molar-refractivity contribution is 8.76. The maximum Gasteiger partial charge on any atom is 0.0840 e. The molecule has 3 N–H and O–H groups in total. The molecule has 1 rings (SSSR count). The lowest BCUT2D eigenvalue weighted by Crippen LogP contribution is -3.00. The van der Waals surface area contributed by atoms with E-state index in [1.54, 1.807) is 21.6 Å². The summed E-state index contributed by atoms with van der Waals surface area (Å²) < 4.78 is 0. The second-order valence-electron chi connectivity index (χ2n) is 2.19. The van der Waals surface area contributed by atoms with Gasteiger partial charge in [-0.2, -0.15) is 0 Å². The number of halogens is 2. The van der Waals surface area contributed by atoms with Gasteiger partial charge in [0.2, 0.25) is 0 Å². The van der Waals surface area contributed by atoms with Gasteiger partial charge in [-0.25, -0.2) is 0 Å². The summed E-state index contributed by atoms with van der Waals surface area (Å²) in [5.74, 6) is 1.07. The molecule has 0 aliphatic heterocycles. The molecule has 0 amide bonds. The third-order valence-electron chi connectivity index (χ3n) is 1.21. The van der Waals surface area contributed by atoms with Gasteiger partial charge in [-0.1, -0.05) is 45.3 Å². The second kappa shape index (κ2) is 7.83. The van der Waals surface area contributed by atoms with Crippen LogP contribution >= 0.6 is 33.2 Å². The molecule has 5 heteroatoms. The van der Waals surface area contributed by atoms with Crippen molar-refractivity contribution in [3.63, 3.8) is 0 Å². The molecule has 0 bridgehead atoms. The molecule has 1 aromatic rings. The third-order valence-corrected chi connectivity index (χ3v) is 4.16. The fourth-order valence-electron chi connectivity index (χ4n) is 0.676. The van der Waals surface area contributed by atoms with Gasteiger partial charge in [-0.05, 0) is 12.1 Å². The summed E-state index contributed by atoms with van der Waals surface area (Å²) in [6, 6.07) is 7.88. The van der Waals surface area contributed by atoms with Gasteiger partial charge in [0, 0.05) is 4.90 Å². The SMILES string of the molecule is [Cl-].[NH3+]CCSSc1ccccc1Cl. The summed E-state index contributed by atoms with van der Waals surface area (Å²) in [5, 5.41) is 0.832. The van der Waals surface area contributed by atoms with Gasteiger partial charge in [-0.3, -0.25) is 0 Å². The minimum absolute atomic E-state index is 0. The standard InChI is InChI=1S/C8H10ClNS2.ClH/c9-7-3-1-2-4-8(7)12-11-6-5-10;/h1-4H,5-6,10H2;1H. The molecule has 0 aliphatic rings. The zero-order valence-corrected chi connectivity index (χ0v) is 10.1. The predicted octanol–water partition coefficient (Wildman–Crippen LogP) is -0.674. The van der Waals surface area contributed by atoms with E-state index in [4.69, 9.17) is 11.6 Å². The van der Waals surface area contributed by atoms with Crippen molar-refractivity contribution in [3.8, 4) is 0 Å². The summed E-state index contributed by atoms with van der Waals surface area (Å²) >= 11 is 5.95. The van der Waals surface area contributed by atoms with Gasteiger partial charge in [0.25, 0.3) is 0 Å². The number of benzene rings is 1. The zero-order chi connectivity index (χ0) is 8.81. The minimum atomic E-state index is 0. The van der Waals surface area contributed by atoms with E-state index in [1.807, 2.05) is 24.3 Å². The average molecular weight is 256 g/mol. The van der Waals surface area contributed by atoms with E-state index in [1.165, 1.54) is 0 Å². The van der Waals surface area contributed by atoms with Crippen LogP contribution in [-0.4, -0.2) is 12.3 Å². The van der Waals surface area contributed by atoms with Crippen molar-refractivity contribution in [3.05, 3.63) is 29.3 Å². The number of hydrogen-bond acceptors (Lipinski definition) is 2. The Morgan fingerprint density at radius 2 is 2.00 bits per heavy atom. The van der Waals surface area contributed by atoms with Gasteiger partial charge in [0.05, 0.1) is 17.3 Å². The smallest absolute Gasteiger partial charge is 0.0840 e. The monoisotopic (exact) mass is 255 g/mol. The van der Waals surface area contributed by atoms with Crippen LogP contribution < -0.4 is 18.1 Å². The molecular weight excluding hydrogens is 245 g/mol. The number of hydrogen-bond donors (Lipinski definition) is 1. The van der Waals surface area contributed by atoms with E-state index >= 15 is 0 Å². The van der Waals surface area contributed by atoms with E-state index in [0.29, 0.717) is 0 Å². The number of quaternary nitrogens is 1. The molecule has 0 saturated carbocycles. The van der Waals surface area contributed by atoms with Gasteiger partial charge in [0.1, 0.15) is 0 Å². The molecule has 0 saturated heterocycles. The van der Waals surface area contributed by atoms with Crippen LogP contribution in [0.4, 0.5) is 0 Å². The van der Waals surface area contributed by atoms with Crippen LogP contribution in [0.25, 0.3) is 0 Å². The highest BCUT2D eigenvalue weighted by Crippen LogP contribution is 2.35. The molecular formula is C8H11Cl2NS2. The number of rotatable bonds is 4. The maximum absolute atomic E-state index is 5.95. The molecule has 0 aromatic heterocycles. The Morgan fingerprint density at radius 1 is 1.31 bits per heavy atom. The highest BCUT2D eigenvalue weighted by atomic mass is 35.5. The van der Waals surface area contributed by atoms with Gasteiger partial charge in [-0.15, -0.1) is 0 Å². The average Bonchev–Trinajstić information content (AvgIpc) is 2.09. The van der Waals surface area contributed by atoms with Crippen LogP contribution in [0.2, 0.25) is 5.02 Å². The Hall–Kier alpha value is 0.460. The van der Waals surface area contributed by atoms with Crippen LogP contribution in [-0.2, 0) is 0 Å². The van der Waals surface area contributed by atoms with E-state index in [9.17, 15) is 0 Å². The van der Waals surface area contributed by atoms with Crippen molar-refractivity contribution in [2.45, 2.75) is 4.90 Å². The normalized spacial score (nSPS) is 9.38. The Bertz CT molecular complexity index is 245. The largest absolute Gasteiger partial charge is 1.00 e. The molecule has 74 valence electrons. The van der Waals surface area contributed by atoms with Gasteiger partial charge >= 0.3 is 0 Å². The fourth-order valence-corrected chi connectivity index (χ4v) is 3.10. The molecule has 0 unspecified atom stereocenters. The molecule has 0 aliphatic carbocycles. The molecule has 0 heterocycles. The third kappa shape index (κ3) is 5.03. The predicted molar refractivity (Wildman–Crippen MR) is 57.5 cm³/mol. The van der Waals surface area contributed by atoms with Crippen LogP contribution in [0.15, 0.2) is 29.2 Å². The molecule has 0 spiro atoms. The molecule has 13 heavy (non-hydrogen) atoms. The zero-order valence-electron chi connectivity index (χ0n) is 7.00. The van der Waals surface area contributed by atoms with Crippen LogP contribution in [0.1, 0.15) is 0 Å². The summed E-state index contributed by atoms with van der Waals surface area (Å²) in [5.41, 5.74) is 3.77. The Labute approximate surface area is 97.6 Å². The lowest BCUT2D eigenvalue weighted by Gasteiger charge is -2.00. The van der Waals surface area contributed by atoms with E-state index in [0.717, 1.165) is 22.2 Å². The maximum atomic E-state index is 5.95. The first-order valence-corrected chi connectivity index (χ1v) is 6.37. The van der Waals surface area contributed by atoms with Crippen molar-refractivity contribution < 1.29 is 18.1 Å². The molecule has 0 atom stereocenters. The molecule has 0 radical (unpaired) electrons. The Balaban J connectivity index is 0.00000144. The van der Waals surface area contributed by atoms with Crippen LogP contribution in [0.3, 0.4) is 0 Å². The second-order valence-corrected chi connectivity index (χ2v) is 5.05. The van der Waals surface area contributed by atoms with E-state index < -0.39 is 0 Å². The quantitative estimate of drug-likeness (QED) is 0.571. The highest BCUT2D eigenvalue weighted by Gasteiger charge is 1.98. The minimum Gasteiger partial charge on any atom is -1.00 e. The molecule has 0 fully saturated rings. The van der Waals surface area contributed by atoms with Crippen molar-refractivity contribution in [2.24, 2.45) is 0 Å². The van der Waals surface area contributed by atoms with Gasteiger partial charge < -0.3 is 18.1 Å². The topological polar surface area (TPSA) is 27.6 Å². The Kier molecular flexibility index (Phi) is 8.10. The fraction of sp³-hybridized carbons (Fsp3) is 0.250. The van der Waals surface area contributed by atoms with E-state index in [2.05, 4.69) is 5.73 Å². The van der Waals surface area contributed by atoms with Crippen LogP contribution in [0.5, 0.6) is 0 Å². The first kappa shape index (κ1) is 13.5. The lowest BCUT2D eigenvalue weighted by atomic mass is 10.4. The summed E-state index contributed by atoms with van der Waals surface area (Å²) in [7, 11) is 3.51. The van der Waals surface area contributed by atoms with Crippen molar-refractivity contribution in [2.75, 3.05) is 12.3 Å². The first-order valence-electron chi connectivity index (χ1n) is 3.68.